The van der Waals surface area contributed by atoms with Gasteiger partial charge in [-0.05, 0) is 56.7 Å². The maximum atomic E-state index is 14.0. The van der Waals surface area contributed by atoms with Crippen molar-refractivity contribution in [2.24, 2.45) is 0 Å². The number of rotatable bonds is 5. The predicted octanol–water partition coefficient (Wildman–Crippen LogP) is 3.21. The van der Waals surface area contributed by atoms with Gasteiger partial charge < -0.3 is 5.32 Å². The van der Waals surface area contributed by atoms with E-state index in [4.69, 9.17) is 0 Å². The minimum atomic E-state index is -3.88. The highest BCUT2D eigenvalue weighted by Crippen LogP contribution is 2.20. The van der Waals surface area contributed by atoms with Crippen LogP contribution >= 0.6 is 0 Å². The highest BCUT2D eigenvalue weighted by Gasteiger charge is 2.20. The molecule has 0 spiro atoms. The molecule has 0 aliphatic rings. The minimum Gasteiger partial charge on any atom is -0.322 e. The highest BCUT2D eigenvalue weighted by atomic mass is 32.2. The van der Waals surface area contributed by atoms with E-state index >= 15 is 0 Å². The zero-order valence-electron chi connectivity index (χ0n) is 13.9. The van der Waals surface area contributed by atoms with Gasteiger partial charge in [0.25, 0.3) is 5.91 Å². The Morgan fingerprint density at radius 1 is 1.08 bits per heavy atom. The molecular formula is C17H18F2N2O3S. The van der Waals surface area contributed by atoms with Crippen LogP contribution in [0, 0.1) is 18.6 Å². The van der Waals surface area contributed by atoms with Gasteiger partial charge >= 0.3 is 0 Å². The summed E-state index contributed by atoms with van der Waals surface area (Å²) < 4.78 is 54.0. The number of sulfonamides is 1. The van der Waals surface area contributed by atoms with E-state index in [9.17, 15) is 22.0 Å². The number of hydrogen-bond donors (Lipinski definition) is 2. The molecule has 0 saturated carbocycles. The molecule has 0 unspecified atom stereocenters. The summed E-state index contributed by atoms with van der Waals surface area (Å²) in [5.41, 5.74) is 0.314. The number of aryl methyl sites for hydroxylation is 1. The van der Waals surface area contributed by atoms with Crippen LogP contribution in [0.15, 0.2) is 41.3 Å². The SMILES string of the molecule is Cc1ccc(F)cc1NC(=O)c1cc(S(=O)(=O)NC(C)C)ccc1F. The monoisotopic (exact) mass is 368 g/mol. The molecule has 0 aromatic heterocycles. The van der Waals surface area contributed by atoms with Crippen LogP contribution in [0.25, 0.3) is 0 Å². The molecule has 0 fully saturated rings. The number of anilines is 1. The van der Waals surface area contributed by atoms with Crippen LogP contribution in [-0.2, 0) is 10.0 Å². The fourth-order valence-corrected chi connectivity index (χ4v) is 3.42. The van der Waals surface area contributed by atoms with Crippen LogP contribution in [0.1, 0.15) is 29.8 Å². The zero-order valence-corrected chi connectivity index (χ0v) is 14.7. The molecule has 8 heteroatoms. The van der Waals surface area contributed by atoms with E-state index in [1.165, 1.54) is 12.1 Å². The Kier molecular flexibility index (Phi) is 5.54. The Balaban J connectivity index is 2.37. The highest BCUT2D eigenvalue weighted by molar-refractivity contribution is 7.89. The summed E-state index contributed by atoms with van der Waals surface area (Å²) in [5.74, 6) is -2.30. The second-order valence-corrected chi connectivity index (χ2v) is 7.54. The third kappa shape index (κ3) is 4.61. The van der Waals surface area contributed by atoms with E-state index < -0.39 is 33.1 Å². The summed E-state index contributed by atoms with van der Waals surface area (Å²) in [4.78, 5) is 12.1. The van der Waals surface area contributed by atoms with Gasteiger partial charge in [-0.15, -0.1) is 0 Å². The quantitative estimate of drug-likeness (QED) is 0.851. The Hall–Kier alpha value is -2.32. The van der Waals surface area contributed by atoms with Gasteiger partial charge in [-0.25, -0.2) is 21.9 Å². The Morgan fingerprint density at radius 2 is 1.76 bits per heavy atom. The average Bonchev–Trinajstić information content (AvgIpc) is 2.49. The van der Waals surface area contributed by atoms with Gasteiger partial charge in [0.2, 0.25) is 10.0 Å². The van der Waals surface area contributed by atoms with Crippen molar-refractivity contribution >= 4 is 21.6 Å². The van der Waals surface area contributed by atoms with Crippen molar-refractivity contribution in [3.05, 3.63) is 59.2 Å². The summed E-state index contributed by atoms with van der Waals surface area (Å²) in [6.45, 7) is 4.93. The van der Waals surface area contributed by atoms with Gasteiger partial charge in [0.05, 0.1) is 10.5 Å². The Morgan fingerprint density at radius 3 is 2.40 bits per heavy atom. The predicted molar refractivity (Wildman–Crippen MR) is 90.9 cm³/mol. The number of halogens is 2. The number of carbonyl (C=O) groups excluding carboxylic acids is 1. The van der Waals surface area contributed by atoms with Gasteiger partial charge in [-0.1, -0.05) is 6.07 Å². The fourth-order valence-electron chi connectivity index (χ4n) is 2.14. The van der Waals surface area contributed by atoms with Crippen LogP contribution in [0.5, 0.6) is 0 Å². The van der Waals surface area contributed by atoms with Crippen LogP contribution < -0.4 is 10.0 Å². The number of hydrogen-bond acceptors (Lipinski definition) is 3. The van der Waals surface area contributed by atoms with Crippen LogP contribution in [0.3, 0.4) is 0 Å². The number of carbonyl (C=O) groups is 1. The zero-order chi connectivity index (χ0) is 18.8. The molecule has 0 aliphatic carbocycles. The second-order valence-electron chi connectivity index (χ2n) is 5.83. The normalized spacial score (nSPS) is 11.6. The smallest absolute Gasteiger partial charge is 0.258 e. The van der Waals surface area contributed by atoms with E-state index in [1.54, 1.807) is 20.8 Å². The van der Waals surface area contributed by atoms with E-state index in [2.05, 4.69) is 10.0 Å². The molecule has 0 bridgehead atoms. The van der Waals surface area contributed by atoms with Crippen LogP contribution in [-0.4, -0.2) is 20.4 Å². The van der Waals surface area contributed by atoms with Crippen LogP contribution in [0.2, 0.25) is 0 Å². The lowest BCUT2D eigenvalue weighted by atomic mass is 10.1. The van der Waals surface area contributed by atoms with Crippen molar-refractivity contribution in [3.63, 3.8) is 0 Å². The molecule has 0 atom stereocenters. The molecular weight excluding hydrogens is 350 g/mol. The number of nitrogens with one attached hydrogen (secondary N) is 2. The van der Waals surface area contributed by atoms with Crippen molar-refractivity contribution in [3.8, 4) is 0 Å². The fraction of sp³-hybridized carbons (Fsp3) is 0.235. The van der Waals surface area contributed by atoms with Crippen LogP contribution in [0.4, 0.5) is 14.5 Å². The molecule has 2 rings (SSSR count). The first kappa shape index (κ1) is 19.0. The standard InChI is InChI=1S/C17H18F2N2O3S/c1-10(2)21-25(23,24)13-6-7-15(19)14(9-13)17(22)20-16-8-12(18)5-4-11(16)3/h4-10,21H,1-3H3,(H,20,22). The maximum absolute atomic E-state index is 14.0. The van der Waals surface area contributed by atoms with Crippen molar-refractivity contribution in [2.45, 2.75) is 31.7 Å². The Bertz CT molecular complexity index is 912. The summed E-state index contributed by atoms with van der Waals surface area (Å²) in [6.07, 6.45) is 0. The molecule has 25 heavy (non-hydrogen) atoms. The lowest BCUT2D eigenvalue weighted by Crippen LogP contribution is -2.30. The molecule has 0 aliphatic heterocycles. The van der Waals surface area contributed by atoms with E-state index in [0.717, 1.165) is 24.3 Å². The molecule has 0 heterocycles. The van der Waals surface area contributed by atoms with Crippen molar-refractivity contribution in [1.82, 2.24) is 4.72 Å². The first-order chi connectivity index (χ1) is 11.6. The van der Waals surface area contributed by atoms with Crippen molar-refractivity contribution in [2.75, 3.05) is 5.32 Å². The second kappa shape index (κ2) is 7.28. The van der Waals surface area contributed by atoms with Gasteiger partial charge in [0.1, 0.15) is 11.6 Å². The molecule has 1 amide bonds. The third-order valence-corrected chi connectivity index (χ3v) is 4.99. The van der Waals surface area contributed by atoms with Gasteiger partial charge in [0.15, 0.2) is 0 Å². The van der Waals surface area contributed by atoms with E-state index in [0.29, 0.717) is 5.56 Å². The maximum Gasteiger partial charge on any atom is 0.258 e. The van der Waals surface area contributed by atoms with Gasteiger partial charge in [-0.3, -0.25) is 4.79 Å². The lowest BCUT2D eigenvalue weighted by molar-refractivity contribution is 0.102. The summed E-state index contributed by atoms with van der Waals surface area (Å²) in [6, 6.07) is 6.37. The largest absolute Gasteiger partial charge is 0.322 e. The molecule has 0 radical (unpaired) electrons. The summed E-state index contributed by atoms with van der Waals surface area (Å²) >= 11 is 0. The molecule has 0 saturated heterocycles. The molecule has 5 nitrogen and oxygen atoms in total. The molecule has 134 valence electrons. The van der Waals surface area contributed by atoms with Crippen molar-refractivity contribution in [1.29, 1.82) is 0 Å². The van der Waals surface area contributed by atoms with E-state index in [-0.39, 0.29) is 16.6 Å². The van der Waals surface area contributed by atoms with Gasteiger partial charge in [0, 0.05) is 11.7 Å². The molecule has 2 N–H and O–H groups in total. The lowest BCUT2D eigenvalue weighted by Gasteiger charge is -2.12. The summed E-state index contributed by atoms with van der Waals surface area (Å²) in [5, 5.41) is 2.39. The first-order valence-corrected chi connectivity index (χ1v) is 8.98. The summed E-state index contributed by atoms with van der Waals surface area (Å²) in [7, 11) is -3.88. The topological polar surface area (TPSA) is 75.3 Å². The van der Waals surface area contributed by atoms with Crippen molar-refractivity contribution < 1.29 is 22.0 Å². The number of amides is 1. The Labute approximate surface area is 145 Å². The minimum absolute atomic E-state index is 0.179. The van der Waals surface area contributed by atoms with Gasteiger partial charge in [-0.2, -0.15) is 0 Å². The number of benzene rings is 2. The third-order valence-electron chi connectivity index (χ3n) is 3.33. The first-order valence-electron chi connectivity index (χ1n) is 7.49. The molecule has 2 aromatic carbocycles. The molecule has 2 aromatic rings. The van der Waals surface area contributed by atoms with E-state index in [1.807, 2.05) is 0 Å². The average molecular weight is 368 g/mol.